The smallest absolute Gasteiger partial charge is 0.321 e. The molecule has 1 N–H and O–H groups in total. The van der Waals surface area contributed by atoms with E-state index in [0.29, 0.717) is 12.5 Å². The number of likely N-dealkylation sites (tertiary alicyclic amines) is 1. The average Bonchev–Trinajstić information content (AvgIpc) is 2.75. The highest BCUT2D eigenvalue weighted by Crippen LogP contribution is 2.24. The van der Waals surface area contributed by atoms with Crippen LogP contribution in [-0.4, -0.2) is 48.6 Å². The Kier molecular flexibility index (Phi) is 6.35. The molecule has 1 saturated heterocycles. The summed E-state index contributed by atoms with van der Waals surface area (Å²) in [5.41, 5.74) is 3.76. The van der Waals surface area contributed by atoms with Crippen LogP contribution in [0.1, 0.15) is 30.9 Å². The Balaban J connectivity index is 1.29. The minimum atomic E-state index is 0.00264. The third-order valence-corrected chi connectivity index (χ3v) is 5.95. The number of nitrogens with zero attached hydrogens (tertiary/aromatic N) is 2. The number of carbonyl (C=O) groups is 1. The molecular weight excluding hydrogens is 362 g/mol. The molecular formula is C24H31N3O2. The first-order valence-electron chi connectivity index (χ1n) is 10.8. The minimum Gasteiger partial charge on any atom is -0.494 e. The maximum atomic E-state index is 12.7. The summed E-state index contributed by atoms with van der Waals surface area (Å²) in [7, 11) is 0. The molecule has 2 amide bonds. The van der Waals surface area contributed by atoms with Crippen molar-refractivity contribution in [3.63, 3.8) is 0 Å². The fraction of sp³-hybridized carbons (Fsp3) is 0.458. The number of piperidine rings is 1. The lowest BCUT2D eigenvalue weighted by Crippen LogP contribution is -2.46. The van der Waals surface area contributed by atoms with Gasteiger partial charge in [0.1, 0.15) is 5.75 Å². The lowest BCUT2D eigenvalue weighted by atomic mass is 9.95. The highest BCUT2D eigenvalue weighted by molar-refractivity contribution is 5.89. The van der Waals surface area contributed by atoms with Gasteiger partial charge in [0, 0.05) is 38.4 Å². The summed E-state index contributed by atoms with van der Waals surface area (Å²) >= 11 is 0. The van der Waals surface area contributed by atoms with Crippen molar-refractivity contribution in [1.82, 2.24) is 9.80 Å². The fourth-order valence-corrected chi connectivity index (χ4v) is 4.48. The average molecular weight is 394 g/mol. The largest absolute Gasteiger partial charge is 0.494 e. The highest BCUT2D eigenvalue weighted by Gasteiger charge is 2.26. The van der Waals surface area contributed by atoms with Gasteiger partial charge in [0.15, 0.2) is 0 Å². The first kappa shape index (κ1) is 19.8. The number of anilines is 1. The Bertz CT molecular complexity index is 821. The Morgan fingerprint density at radius 3 is 2.69 bits per heavy atom. The maximum absolute atomic E-state index is 12.7. The minimum absolute atomic E-state index is 0.00264. The van der Waals surface area contributed by atoms with Crippen LogP contribution in [0.2, 0.25) is 0 Å². The topological polar surface area (TPSA) is 44.8 Å². The molecule has 4 rings (SSSR count). The Labute approximate surface area is 173 Å². The highest BCUT2D eigenvalue weighted by atomic mass is 16.5. The van der Waals surface area contributed by atoms with Gasteiger partial charge in [0.05, 0.1) is 6.61 Å². The lowest BCUT2D eigenvalue weighted by molar-refractivity contribution is 0.140. The molecule has 0 bridgehead atoms. The Morgan fingerprint density at radius 1 is 1.10 bits per heavy atom. The molecule has 0 saturated carbocycles. The fourth-order valence-electron chi connectivity index (χ4n) is 4.48. The van der Waals surface area contributed by atoms with Crippen LogP contribution < -0.4 is 10.1 Å². The monoisotopic (exact) mass is 393 g/mol. The number of carbonyl (C=O) groups excluding carboxylic acids is 1. The molecule has 2 aromatic carbocycles. The van der Waals surface area contributed by atoms with Crippen molar-refractivity contribution in [3.05, 3.63) is 59.7 Å². The summed E-state index contributed by atoms with van der Waals surface area (Å²) in [5.74, 6) is 1.37. The first-order valence-corrected chi connectivity index (χ1v) is 10.8. The third kappa shape index (κ3) is 5.10. The Morgan fingerprint density at radius 2 is 1.90 bits per heavy atom. The molecule has 1 fully saturated rings. The summed E-state index contributed by atoms with van der Waals surface area (Å²) in [4.78, 5) is 17.3. The zero-order valence-electron chi connectivity index (χ0n) is 17.3. The van der Waals surface area contributed by atoms with Gasteiger partial charge in [-0.15, -0.1) is 0 Å². The molecule has 0 radical (unpaired) electrons. The van der Waals surface area contributed by atoms with Crippen molar-refractivity contribution in [2.24, 2.45) is 5.92 Å². The summed E-state index contributed by atoms with van der Waals surface area (Å²) in [6.07, 6.45) is 3.40. The van der Waals surface area contributed by atoms with Gasteiger partial charge in [-0.3, -0.25) is 4.90 Å². The molecule has 0 aliphatic carbocycles. The van der Waals surface area contributed by atoms with E-state index in [0.717, 1.165) is 57.0 Å². The Hall–Kier alpha value is -2.53. The predicted octanol–water partition coefficient (Wildman–Crippen LogP) is 4.39. The van der Waals surface area contributed by atoms with Gasteiger partial charge in [-0.1, -0.05) is 24.3 Å². The number of hydrogen-bond donors (Lipinski definition) is 1. The van der Waals surface area contributed by atoms with Crippen LogP contribution in [0, 0.1) is 5.92 Å². The van der Waals surface area contributed by atoms with Gasteiger partial charge in [-0.2, -0.15) is 0 Å². The van der Waals surface area contributed by atoms with Crippen molar-refractivity contribution < 1.29 is 9.53 Å². The van der Waals surface area contributed by atoms with Crippen LogP contribution in [0.5, 0.6) is 5.75 Å². The van der Waals surface area contributed by atoms with Crippen LogP contribution in [0.25, 0.3) is 0 Å². The van der Waals surface area contributed by atoms with Crippen molar-refractivity contribution in [2.75, 3.05) is 38.1 Å². The zero-order valence-corrected chi connectivity index (χ0v) is 17.3. The molecule has 2 heterocycles. The SMILES string of the molecule is CCOc1ccc(NC(=O)N2CCC[C@@H](CN3CCc4ccccc4C3)C2)cc1. The molecule has 2 aromatic rings. The first-order chi connectivity index (χ1) is 14.2. The summed E-state index contributed by atoms with van der Waals surface area (Å²) < 4.78 is 5.46. The van der Waals surface area contributed by atoms with E-state index < -0.39 is 0 Å². The molecule has 5 heteroatoms. The second-order valence-corrected chi connectivity index (χ2v) is 8.10. The molecule has 0 spiro atoms. The zero-order chi connectivity index (χ0) is 20.1. The van der Waals surface area contributed by atoms with E-state index in [1.807, 2.05) is 36.1 Å². The summed E-state index contributed by atoms with van der Waals surface area (Å²) in [6, 6.07) is 16.4. The number of urea groups is 1. The van der Waals surface area contributed by atoms with Crippen molar-refractivity contribution >= 4 is 11.7 Å². The van der Waals surface area contributed by atoms with Gasteiger partial charge in [0.2, 0.25) is 0 Å². The van der Waals surface area contributed by atoms with E-state index in [9.17, 15) is 4.79 Å². The van der Waals surface area contributed by atoms with E-state index in [2.05, 4.69) is 34.5 Å². The van der Waals surface area contributed by atoms with E-state index in [-0.39, 0.29) is 6.03 Å². The molecule has 2 aliphatic heterocycles. The van der Waals surface area contributed by atoms with E-state index >= 15 is 0 Å². The lowest BCUT2D eigenvalue weighted by Gasteiger charge is -2.37. The predicted molar refractivity (Wildman–Crippen MR) is 116 cm³/mol. The standard InChI is InChI=1S/C24H31N3O2/c1-2-29-23-11-9-22(10-12-23)25-24(28)27-14-5-6-19(17-27)16-26-15-13-20-7-3-4-8-21(20)18-26/h3-4,7-12,19H,2,5-6,13-18H2,1H3,(H,25,28)/t19-/m0/s1. The number of fused-ring (bicyclic) bond motifs is 1. The second kappa shape index (κ2) is 9.31. The van der Waals surface area contributed by atoms with Gasteiger partial charge >= 0.3 is 6.03 Å². The van der Waals surface area contributed by atoms with E-state index in [1.54, 1.807) is 0 Å². The van der Waals surface area contributed by atoms with Crippen molar-refractivity contribution in [2.45, 2.75) is 32.7 Å². The van der Waals surface area contributed by atoms with Gasteiger partial charge in [-0.25, -0.2) is 4.79 Å². The number of nitrogens with one attached hydrogen (secondary N) is 1. The third-order valence-electron chi connectivity index (χ3n) is 5.95. The van der Waals surface area contributed by atoms with Gasteiger partial charge in [-0.05, 0) is 67.5 Å². The number of benzene rings is 2. The molecule has 2 aliphatic rings. The van der Waals surface area contributed by atoms with Crippen LogP contribution in [0.3, 0.4) is 0 Å². The number of rotatable bonds is 5. The maximum Gasteiger partial charge on any atom is 0.321 e. The number of hydrogen-bond acceptors (Lipinski definition) is 3. The van der Waals surface area contributed by atoms with E-state index in [4.69, 9.17) is 4.74 Å². The molecule has 154 valence electrons. The molecule has 1 atom stereocenters. The molecule has 0 aromatic heterocycles. The molecule has 5 nitrogen and oxygen atoms in total. The normalized spacial score (nSPS) is 19.5. The van der Waals surface area contributed by atoms with Crippen LogP contribution in [-0.2, 0) is 13.0 Å². The van der Waals surface area contributed by atoms with Crippen LogP contribution >= 0.6 is 0 Å². The van der Waals surface area contributed by atoms with Crippen molar-refractivity contribution in [3.8, 4) is 5.75 Å². The van der Waals surface area contributed by atoms with Gasteiger partial charge < -0.3 is 15.0 Å². The second-order valence-electron chi connectivity index (χ2n) is 8.10. The molecule has 29 heavy (non-hydrogen) atoms. The molecule has 0 unspecified atom stereocenters. The summed E-state index contributed by atoms with van der Waals surface area (Å²) in [6.45, 7) is 7.50. The van der Waals surface area contributed by atoms with E-state index in [1.165, 1.54) is 17.5 Å². The number of amides is 2. The quantitative estimate of drug-likeness (QED) is 0.820. The number of ether oxygens (including phenoxy) is 1. The van der Waals surface area contributed by atoms with Crippen LogP contribution in [0.15, 0.2) is 48.5 Å². The van der Waals surface area contributed by atoms with Crippen LogP contribution in [0.4, 0.5) is 10.5 Å². The van der Waals surface area contributed by atoms with Crippen molar-refractivity contribution in [1.29, 1.82) is 0 Å². The van der Waals surface area contributed by atoms with Gasteiger partial charge in [0.25, 0.3) is 0 Å². The summed E-state index contributed by atoms with van der Waals surface area (Å²) in [5, 5.41) is 3.04.